The van der Waals surface area contributed by atoms with E-state index >= 15 is 0 Å². The third kappa shape index (κ3) is 3.73. The molecule has 0 radical (unpaired) electrons. The minimum absolute atomic E-state index is 0.000437. The number of thiophene rings is 1. The fraction of sp³-hybridized carbons (Fsp3) is 0.167. The van der Waals surface area contributed by atoms with E-state index in [1.54, 1.807) is 11.3 Å². The Morgan fingerprint density at radius 2 is 2.05 bits per heavy atom. The van der Waals surface area contributed by atoms with Gasteiger partial charge in [0.05, 0.1) is 25.4 Å². The second kappa shape index (κ2) is 6.03. The summed E-state index contributed by atoms with van der Waals surface area (Å²) in [6, 6.07) is 8.29. The van der Waals surface area contributed by atoms with E-state index in [2.05, 4.69) is 21.2 Å². The maximum atomic E-state index is 11.4. The second-order valence-electron chi connectivity index (χ2n) is 4.19. The summed E-state index contributed by atoms with van der Waals surface area (Å²) in [6.45, 7) is 1.97. The van der Waals surface area contributed by atoms with E-state index in [0.29, 0.717) is 10.7 Å². The summed E-state index contributed by atoms with van der Waals surface area (Å²) in [5.74, 6) is 0. The van der Waals surface area contributed by atoms with Crippen molar-refractivity contribution in [3.63, 3.8) is 0 Å². The van der Waals surface area contributed by atoms with Gasteiger partial charge in [0.15, 0.2) is 0 Å². The molecule has 4 nitrogen and oxygen atoms in total. The fourth-order valence-electron chi connectivity index (χ4n) is 1.66. The first-order chi connectivity index (χ1) is 9.27. The lowest BCUT2D eigenvalue weighted by atomic mass is 10.2. The summed E-state index contributed by atoms with van der Waals surface area (Å²) in [4.78, 5) is 1.14. The number of hydrogen-bond acceptors (Lipinski definition) is 4. The molecule has 1 atom stereocenters. The molecule has 0 aliphatic heterocycles. The number of anilines is 1. The maximum absolute atomic E-state index is 11.4. The van der Waals surface area contributed by atoms with Crippen LogP contribution in [0.25, 0.3) is 0 Å². The Hall–Kier alpha value is -0.600. The monoisotopic (exact) mass is 394 g/mol. The van der Waals surface area contributed by atoms with Crippen molar-refractivity contribution in [2.24, 2.45) is 5.14 Å². The Morgan fingerprint density at radius 1 is 1.35 bits per heavy atom. The lowest BCUT2D eigenvalue weighted by Crippen LogP contribution is -2.13. The molecule has 0 aliphatic rings. The van der Waals surface area contributed by atoms with Gasteiger partial charge in [-0.1, -0.05) is 11.6 Å². The number of benzene rings is 1. The number of primary sulfonamides is 1. The van der Waals surface area contributed by atoms with E-state index in [9.17, 15) is 8.42 Å². The maximum Gasteiger partial charge on any atom is 0.238 e. The number of sulfonamides is 1. The SMILES string of the molecule is CC(Nc1cc(S(N)(=O)=O)ccc1Cl)c1ccc(Br)s1. The van der Waals surface area contributed by atoms with Crippen LogP contribution in [0, 0.1) is 0 Å². The van der Waals surface area contributed by atoms with E-state index in [1.807, 2.05) is 19.1 Å². The summed E-state index contributed by atoms with van der Waals surface area (Å²) in [5.41, 5.74) is 0.537. The highest BCUT2D eigenvalue weighted by Gasteiger charge is 2.14. The molecule has 108 valence electrons. The summed E-state index contributed by atoms with van der Waals surface area (Å²) in [6.07, 6.45) is 0. The molecule has 0 spiro atoms. The van der Waals surface area contributed by atoms with Crippen LogP contribution in [0.3, 0.4) is 0 Å². The zero-order chi connectivity index (χ0) is 14.9. The first kappa shape index (κ1) is 15.8. The van der Waals surface area contributed by atoms with E-state index in [4.69, 9.17) is 16.7 Å². The normalized spacial score (nSPS) is 13.2. The van der Waals surface area contributed by atoms with Gasteiger partial charge in [-0.25, -0.2) is 13.6 Å². The largest absolute Gasteiger partial charge is 0.376 e. The van der Waals surface area contributed by atoms with Crippen LogP contribution in [0.2, 0.25) is 5.02 Å². The molecular weight excluding hydrogens is 384 g/mol. The van der Waals surface area contributed by atoms with Gasteiger partial charge in [-0.05, 0) is 53.2 Å². The van der Waals surface area contributed by atoms with Crippen molar-refractivity contribution in [2.45, 2.75) is 17.9 Å². The predicted octanol–water partition coefficient (Wildman–Crippen LogP) is 3.98. The fourth-order valence-corrected chi connectivity index (χ4v) is 3.80. The minimum atomic E-state index is -3.74. The van der Waals surface area contributed by atoms with Crippen molar-refractivity contribution < 1.29 is 8.42 Å². The Kier molecular flexibility index (Phi) is 4.76. The standard InChI is InChI=1S/C12H12BrClN2O2S2/c1-7(11-4-5-12(13)19-11)16-10-6-8(20(15,17)18)2-3-9(10)14/h2-7,16H,1H3,(H2,15,17,18). The first-order valence-corrected chi connectivity index (χ1v) is 9.15. The van der Waals surface area contributed by atoms with Crippen molar-refractivity contribution in [3.8, 4) is 0 Å². The highest BCUT2D eigenvalue weighted by Crippen LogP contribution is 2.32. The Balaban J connectivity index is 2.29. The molecular formula is C12H12BrClN2O2S2. The molecule has 1 unspecified atom stereocenters. The molecule has 0 saturated heterocycles. The van der Waals surface area contributed by atoms with Gasteiger partial charge in [-0.2, -0.15) is 0 Å². The van der Waals surface area contributed by atoms with Crippen LogP contribution < -0.4 is 10.5 Å². The lowest BCUT2D eigenvalue weighted by molar-refractivity contribution is 0.598. The second-order valence-corrected chi connectivity index (χ2v) is 8.66. The Bertz CT molecular complexity index is 731. The molecule has 0 amide bonds. The first-order valence-electron chi connectivity index (χ1n) is 5.61. The number of halogens is 2. The van der Waals surface area contributed by atoms with E-state index in [-0.39, 0.29) is 10.9 Å². The predicted molar refractivity (Wildman–Crippen MR) is 86.9 cm³/mol. The number of rotatable bonds is 4. The molecule has 2 rings (SSSR count). The highest BCUT2D eigenvalue weighted by molar-refractivity contribution is 9.11. The molecule has 1 aromatic carbocycles. The van der Waals surface area contributed by atoms with Gasteiger partial charge in [-0.3, -0.25) is 0 Å². The highest BCUT2D eigenvalue weighted by atomic mass is 79.9. The molecule has 2 aromatic rings. The van der Waals surface area contributed by atoms with Crippen molar-refractivity contribution in [1.29, 1.82) is 0 Å². The van der Waals surface area contributed by atoms with E-state index in [0.717, 1.165) is 8.66 Å². The van der Waals surface area contributed by atoms with Crippen molar-refractivity contribution in [3.05, 3.63) is 44.0 Å². The molecule has 3 N–H and O–H groups in total. The van der Waals surface area contributed by atoms with E-state index < -0.39 is 10.0 Å². The van der Waals surface area contributed by atoms with Crippen LogP contribution >= 0.6 is 38.9 Å². The molecule has 1 aromatic heterocycles. The summed E-state index contributed by atoms with van der Waals surface area (Å²) in [5, 5.41) is 8.75. The average molecular weight is 396 g/mol. The molecule has 0 aliphatic carbocycles. The molecule has 1 heterocycles. The Labute approximate surface area is 135 Å². The van der Waals surface area contributed by atoms with Gasteiger partial charge in [-0.15, -0.1) is 11.3 Å². The zero-order valence-electron chi connectivity index (χ0n) is 10.4. The smallest absolute Gasteiger partial charge is 0.238 e. The van der Waals surface area contributed by atoms with Crippen molar-refractivity contribution in [2.75, 3.05) is 5.32 Å². The Morgan fingerprint density at radius 3 is 2.60 bits per heavy atom. The van der Waals surface area contributed by atoms with Crippen LogP contribution in [0.4, 0.5) is 5.69 Å². The van der Waals surface area contributed by atoms with Crippen molar-refractivity contribution >= 4 is 54.6 Å². The lowest BCUT2D eigenvalue weighted by Gasteiger charge is -2.15. The van der Waals surface area contributed by atoms with Crippen LogP contribution in [-0.2, 0) is 10.0 Å². The molecule has 20 heavy (non-hydrogen) atoms. The molecule has 0 bridgehead atoms. The zero-order valence-corrected chi connectivity index (χ0v) is 14.4. The van der Waals surface area contributed by atoms with Crippen LogP contribution in [0.15, 0.2) is 39.0 Å². The van der Waals surface area contributed by atoms with Gasteiger partial charge in [0.2, 0.25) is 10.0 Å². The van der Waals surface area contributed by atoms with Gasteiger partial charge in [0, 0.05) is 4.88 Å². The number of hydrogen-bond donors (Lipinski definition) is 2. The summed E-state index contributed by atoms with van der Waals surface area (Å²) in [7, 11) is -3.74. The quantitative estimate of drug-likeness (QED) is 0.822. The van der Waals surface area contributed by atoms with Gasteiger partial charge < -0.3 is 5.32 Å². The molecule has 0 saturated carbocycles. The van der Waals surface area contributed by atoms with Gasteiger partial charge in [0.1, 0.15) is 0 Å². The molecule has 8 heteroatoms. The minimum Gasteiger partial charge on any atom is -0.376 e. The van der Waals surface area contributed by atoms with Gasteiger partial charge in [0.25, 0.3) is 0 Å². The van der Waals surface area contributed by atoms with Crippen LogP contribution in [0.1, 0.15) is 17.8 Å². The van der Waals surface area contributed by atoms with Crippen LogP contribution in [0.5, 0.6) is 0 Å². The number of nitrogens with two attached hydrogens (primary N) is 1. The average Bonchev–Trinajstić information content (AvgIpc) is 2.77. The van der Waals surface area contributed by atoms with Crippen molar-refractivity contribution in [1.82, 2.24) is 0 Å². The third-order valence-corrected chi connectivity index (χ3v) is 5.71. The summed E-state index contributed by atoms with van der Waals surface area (Å²) < 4.78 is 23.7. The van der Waals surface area contributed by atoms with E-state index in [1.165, 1.54) is 18.2 Å². The molecule has 0 fully saturated rings. The topological polar surface area (TPSA) is 72.2 Å². The van der Waals surface area contributed by atoms with Crippen LogP contribution in [-0.4, -0.2) is 8.42 Å². The third-order valence-electron chi connectivity index (χ3n) is 2.66. The van der Waals surface area contributed by atoms with Gasteiger partial charge >= 0.3 is 0 Å². The summed E-state index contributed by atoms with van der Waals surface area (Å²) >= 11 is 11.1. The number of nitrogens with one attached hydrogen (secondary N) is 1.